The van der Waals surface area contributed by atoms with Gasteiger partial charge in [-0.3, -0.25) is 4.90 Å². The number of hydrogen-bond donors (Lipinski definition) is 0. The van der Waals surface area contributed by atoms with E-state index in [0.29, 0.717) is 18.1 Å². The predicted molar refractivity (Wildman–Crippen MR) is 114 cm³/mol. The molecule has 0 saturated carbocycles. The highest BCUT2D eigenvalue weighted by Crippen LogP contribution is 2.35. The van der Waals surface area contributed by atoms with Crippen molar-refractivity contribution in [1.29, 1.82) is 0 Å². The zero-order chi connectivity index (χ0) is 22.0. The van der Waals surface area contributed by atoms with Crippen molar-refractivity contribution in [1.82, 2.24) is 14.9 Å². The quantitative estimate of drug-likeness (QED) is 0.529. The summed E-state index contributed by atoms with van der Waals surface area (Å²) in [6.45, 7) is 1.14. The Morgan fingerprint density at radius 2 is 1.61 bits per heavy atom. The van der Waals surface area contributed by atoms with Gasteiger partial charge in [-0.25, -0.2) is 27.2 Å². The van der Waals surface area contributed by atoms with E-state index >= 15 is 0 Å². The Morgan fingerprint density at radius 3 is 2.23 bits per heavy atom. The highest BCUT2D eigenvalue weighted by atomic mass is 35.5. The van der Waals surface area contributed by atoms with Gasteiger partial charge in [-0.1, -0.05) is 23.7 Å². The van der Waals surface area contributed by atoms with Crippen LogP contribution >= 0.6 is 11.6 Å². The van der Waals surface area contributed by atoms with E-state index < -0.39 is 21.5 Å². The van der Waals surface area contributed by atoms with Gasteiger partial charge in [-0.2, -0.15) is 0 Å². The minimum atomic E-state index is -3.51. The van der Waals surface area contributed by atoms with Crippen LogP contribution in [0.1, 0.15) is 22.7 Å². The Kier molecular flexibility index (Phi) is 6.31. The fourth-order valence-corrected chi connectivity index (χ4v) is 5.85. The van der Waals surface area contributed by atoms with Crippen molar-refractivity contribution in [2.45, 2.75) is 11.8 Å². The Balaban J connectivity index is 1.45. The SMILES string of the molecule is O=S(=O)(Cc1cc(F)cc(F)c1)CC1CN(C(c2ccc(Cl)cc2)c2cncnc2)C1. The number of hydrogen-bond acceptors (Lipinski definition) is 5. The number of nitrogens with zero attached hydrogens (tertiary/aromatic N) is 3. The molecule has 1 aliphatic rings. The van der Waals surface area contributed by atoms with Crippen LogP contribution in [0.2, 0.25) is 5.02 Å². The van der Waals surface area contributed by atoms with Crippen LogP contribution in [0.5, 0.6) is 0 Å². The molecule has 2 heterocycles. The Morgan fingerprint density at radius 1 is 1.00 bits per heavy atom. The van der Waals surface area contributed by atoms with E-state index in [9.17, 15) is 17.2 Å². The van der Waals surface area contributed by atoms with Crippen molar-refractivity contribution in [2.24, 2.45) is 5.92 Å². The first kappa shape index (κ1) is 21.8. The van der Waals surface area contributed by atoms with Gasteiger partial charge in [0.05, 0.1) is 17.5 Å². The summed E-state index contributed by atoms with van der Waals surface area (Å²) in [5.74, 6) is -2.05. The van der Waals surface area contributed by atoms with Crippen LogP contribution in [0.4, 0.5) is 8.78 Å². The van der Waals surface area contributed by atoms with Crippen molar-refractivity contribution in [3.8, 4) is 0 Å². The Labute approximate surface area is 184 Å². The topological polar surface area (TPSA) is 63.2 Å². The van der Waals surface area contributed by atoms with Crippen molar-refractivity contribution in [2.75, 3.05) is 18.8 Å². The number of rotatable bonds is 7. The fraction of sp³-hybridized carbons (Fsp3) is 0.273. The molecule has 0 aliphatic carbocycles. The zero-order valence-electron chi connectivity index (χ0n) is 16.5. The first-order valence-electron chi connectivity index (χ1n) is 9.69. The minimum absolute atomic E-state index is 0.0414. The average molecular weight is 464 g/mol. The first-order valence-corrected chi connectivity index (χ1v) is 11.9. The molecule has 0 amide bonds. The zero-order valence-corrected chi connectivity index (χ0v) is 18.0. The molecule has 31 heavy (non-hydrogen) atoms. The summed E-state index contributed by atoms with van der Waals surface area (Å²) in [7, 11) is -3.51. The number of halogens is 3. The Hall–Kier alpha value is -2.42. The van der Waals surface area contributed by atoms with Crippen LogP contribution in [0.3, 0.4) is 0 Å². The highest BCUT2D eigenvalue weighted by molar-refractivity contribution is 7.90. The third-order valence-electron chi connectivity index (χ3n) is 5.23. The second-order valence-electron chi connectivity index (χ2n) is 7.78. The van der Waals surface area contributed by atoms with Gasteiger partial charge in [-0.05, 0) is 41.3 Å². The van der Waals surface area contributed by atoms with Gasteiger partial charge in [-0.15, -0.1) is 0 Å². The van der Waals surface area contributed by atoms with Gasteiger partial charge in [0.1, 0.15) is 18.0 Å². The molecule has 1 aromatic heterocycles. The van der Waals surface area contributed by atoms with Crippen LogP contribution in [0, 0.1) is 17.6 Å². The first-order chi connectivity index (χ1) is 14.8. The van der Waals surface area contributed by atoms with Crippen LogP contribution in [-0.2, 0) is 15.6 Å². The summed E-state index contributed by atoms with van der Waals surface area (Å²) in [4.78, 5) is 10.4. The monoisotopic (exact) mass is 463 g/mol. The fourth-order valence-electron chi connectivity index (χ4n) is 4.00. The largest absolute Gasteiger partial charge is 0.292 e. The van der Waals surface area contributed by atoms with E-state index in [1.54, 1.807) is 12.4 Å². The van der Waals surface area contributed by atoms with Gasteiger partial charge in [0.2, 0.25) is 0 Å². The van der Waals surface area contributed by atoms with Gasteiger partial charge in [0, 0.05) is 42.1 Å². The second-order valence-corrected chi connectivity index (χ2v) is 10.3. The van der Waals surface area contributed by atoms with Gasteiger partial charge in [0.15, 0.2) is 9.84 Å². The van der Waals surface area contributed by atoms with Crippen LogP contribution in [0.25, 0.3) is 0 Å². The molecule has 0 spiro atoms. The molecule has 4 rings (SSSR count). The third kappa shape index (κ3) is 5.44. The van der Waals surface area contributed by atoms with E-state index in [4.69, 9.17) is 11.6 Å². The number of aromatic nitrogens is 2. The standard InChI is InChI=1S/C22H20ClF2N3O2S/c23-19-3-1-17(2-4-19)22(18-8-26-14-27-9-18)28-10-16(11-28)13-31(29,30)12-15-5-20(24)7-21(25)6-15/h1-9,14,16,22H,10-13H2. The summed E-state index contributed by atoms with van der Waals surface area (Å²) in [5, 5.41) is 0.633. The summed E-state index contributed by atoms with van der Waals surface area (Å²) < 4.78 is 51.9. The molecule has 0 bridgehead atoms. The maximum atomic E-state index is 13.4. The van der Waals surface area contributed by atoms with E-state index in [-0.39, 0.29) is 29.0 Å². The summed E-state index contributed by atoms with van der Waals surface area (Å²) in [6.07, 6.45) is 4.95. The van der Waals surface area contributed by atoms with Crippen molar-refractivity contribution < 1.29 is 17.2 Å². The highest BCUT2D eigenvalue weighted by Gasteiger charge is 2.36. The van der Waals surface area contributed by atoms with Crippen LogP contribution < -0.4 is 0 Å². The predicted octanol–water partition coefficient (Wildman–Crippen LogP) is 4.04. The van der Waals surface area contributed by atoms with Gasteiger partial charge in [0.25, 0.3) is 0 Å². The van der Waals surface area contributed by atoms with E-state index in [1.807, 2.05) is 24.3 Å². The van der Waals surface area contributed by atoms with E-state index in [1.165, 1.54) is 6.33 Å². The summed E-state index contributed by atoms with van der Waals surface area (Å²) >= 11 is 6.02. The molecular weight excluding hydrogens is 444 g/mol. The molecule has 3 aromatic rings. The van der Waals surface area contributed by atoms with E-state index in [0.717, 1.165) is 29.3 Å². The third-order valence-corrected chi connectivity index (χ3v) is 7.24. The maximum absolute atomic E-state index is 13.4. The van der Waals surface area contributed by atoms with Crippen molar-refractivity contribution >= 4 is 21.4 Å². The van der Waals surface area contributed by atoms with Crippen LogP contribution in [-0.4, -0.2) is 42.1 Å². The van der Waals surface area contributed by atoms with Crippen LogP contribution in [0.15, 0.2) is 61.2 Å². The molecule has 5 nitrogen and oxygen atoms in total. The lowest BCUT2D eigenvalue weighted by Crippen LogP contribution is -2.51. The number of benzene rings is 2. The van der Waals surface area contributed by atoms with Gasteiger partial charge >= 0.3 is 0 Å². The van der Waals surface area contributed by atoms with Gasteiger partial charge < -0.3 is 0 Å². The molecule has 1 atom stereocenters. The lowest BCUT2D eigenvalue weighted by atomic mass is 9.92. The molecule has 1 aliphatic heterocycles. The van der Waals surface area contributed by atoms with Crippen molar-refractivity contribution in [3.63, 3.8) is 0 Å². The summed E-state index contributed by atoms with van der Waals surface area (Å²) in [5.41, 5.74) is 2.03. The van der Waals surface area contributed by atoms with E-state index in [2.05, 4.69) is 14.9 Å². The number of likely N-dealkylation sites (tertiary alicyclic amines) is 1. The molecular formula is C22H20ClF2N3O2S. The average Bonchev–Trinajstić information content (AvgIpc) is 2.67. The molecule has 0 radical (unpaired) electrons. The molecule has 9 heteroatoms. The normalized spacial score (nSPS) is 16.1. The van der Waals surface area contributed by atoms with Crippen molar-refractivity contribution in [3.05, 3.63) is 94.5 Å². The lowest BCUT2D eigenvalue weighted by Gasteiger charge is -2.44. The number of sulfone groups is 1. The second kappa shape index (κ2) is 8.98. The molecule has 0 N–H and O–H groups in total. The molecule has 1 unspecified atom stereocenters. The maximum Gasteiger partial charge on any atom is 0.154 e. The smallest absolute Gasteiger partial charge is 0.154 e. The Bertz CT molecular complexity index is 1130. The summed E-state index contributed by atoms with van der Waals surface area (Å²) in [6, 6.07) is 10.2. The molecule has 1 fully saturated rings. The lowest BCUT2D eigenvalue weighted by molar-refractivity contribution is 0.0809. The molecule has 2 aromatic carbocycles. The molecule has 1 saturated heterocycles. The minimum Gasteiger partial charge on any atom is -0.292 e. The molecule has 162 valence electrons.